The van der Waals surface area contributed by atoms with Crippen LogP contribution in [0.25, 0.3) is 11.3 Å². The van der Waals surface area contributed by atoms with Gasteiger partial charge < -0.3 is 0 Å². The van der Waals surface area contributed by atoms with Crippen LogP contribution in [0, 0.1) is 0 Å². The van der Waals surface area contributed by atoms with Crippen LogP contribution in [0.15, 0.2) is 42.6 Å². The Morgan fingerprint density at radius 2 is 2.06 bits per heavy atom. The zero-order chi connectivity index (χ0) is 12.3. The summed E-state index contributed by atoms with van der Waals surface area (Å²) < 4.78 is 0. The average Bonchev–Trinajstić information content (AvgIpc) is 2.39. The molecule has 0 amide bonds. The van der Waals surface area contributed by atoms with Gasteiger partial charge in [-0.15, -0.1) is 11.6 Å². The monoisotopic (exact) mass is 265 g/mol. The number of rotatable bonds is 3. The Morgan fingerprint density at radius 1 is 1.24 bits per heavy atom. The molecule has 0 saturated heterocycles. The first-order chi connectivity index (χ1) is 8.20. The van der Waals surface area contributed by atoms with Crippen LogP contribution in [0.3, 0.4) is 0 Å². The zero-order valence-corrected chi connectivity index (χ0v) is 10.4. The van der Waals surface area contributed by atoms with E-state index in [2.05, 4.69) is 4.98 Å². The van der Waals surface area contributed by atoms with Crippen molar-refractivity contribution in [3.8, 4) is 11.3 Å². The van der Waals surface area contributed by atoms with E-state index >= 15 is 0 Å². The van der Waals surface area contributed by atoms with Crippen molar-refractivity contribution in [1.82, 2.24) is 4.98 Å². The molecule has 0 unspecified atom stereocenters. The molecule has 2 rings (SSSR count). The van der Waals surface area contributed by atoms with Gasteiger partial charge >= 0.3 is 0 Å². The Labute approximate surface area is 109 Å². The third kappa shape index (κ3) is 2.84. The normalized spacial score (nSPS) is 10.2. The molecule has 2 nitrogen and oxygen atoms in total. The van der Waals surface area contributed by atoms with Gasteiger partial charge in [0.05, 0.1) is 11.3 Å². The Kier molecular flexibility index (Phi) is 3.77. The summed E-state index contributed by atoms with van der Waals surface area (Å²) in [6.45, 7) is 0. The van der Waals surface area contributed by atoms with Crippen LogP contribution in [0.4, 0.5) is 0 Å². The van der Waals surface area contributed by atoms with Crippen LogP contribution in [0.2, 0.25) is 0 Å². The first kappa shape index (κ1) is 12.1. The fourth-order valence-electron chi connectivity index (χ4n) is 1.49. The second kappa shape index (κ2) is 5.30. The van der Waals surface area contributed by atoms with Crippen LogP contribution in [-0.4, -0.2) is 10.2 Å². The molecule has 0 radical (unpaired) electrons. The third-order valence-electron chi connectivity index (χ3n) is 2.37. The fraction of sp³-hybridized carbons (Fsp3) is 0.0769. The molecular formula is C13H9Cl2NO. The summed E-state index contributed by atoms with van der Waals surface area (Å²) in [6.07, 6.45) is 1.47. The van der Waals surface area contributed by atoms with Gasteiger partial charge in [0.15, 0.2) is 0 Å². The number of aromatic nitrogens is 1. The lowest BCUT2D eigenvalue weighted by atomic mass is 10.1. The molecule has 86 valence electrons. The maximum atomic E-state index is 10.9. The third-order valence-corrected chi connectivity index (χ3v) is 2.89. The second-order valence-electron chi connectivity index (χ2n) is 3.54. The van der Waals surface area contributed by atoms with Gasteiger partial charge in [-0.3, -0.25) is 9.78 Å². The molecule has 1 aromatic heterocycles. The lowest BCUT2D eigenvalue weighted by molar-refractivity contribution is 0.108. The first-order valence-corrected chi connectivity index (χ1v) is 5.93. The maximum Gasteiger partial charge on any atom is 0.253 e. The standard InChI is InChI=1S/C13H9Cl2NO/c14-7-9-2-1-3-10(6-9)12-5-4-11(8-16-12)13(15)17/h1-6,8H,7H2. The van der Waals surface area contributed by atoms with Crippen molar-refractivity contribution in [2.24, 2.45) is 0 Å². The molecule has 0 spiro atoms. The molecule has 1 heterocycles. The van der Waals surface area contributed by atoms with Gasteiger partial charge in [-0.25, -0.2) is 0 Å². The summed E-state index contributed by atoms with van der Waals surface area (Å²) in [5, 5.41) is -0.501. The van der Waals surface area contributed by atoms with E-state index in [0.717, 1.165) is 16.8 Å². The number of benzene rings is 1. The highest BCUT2D eigenvalue weighted by Gasteiger charge is 2.04. The van der Waals surface area contributed by atoms with Gasteiger partial charge in [0.2, 0.25) is 0 Å². The van der Waals surface area contributed by atoms with E-state index in [1.807, 2.05) is 24.3 Å². The minimum atomic E-state index is -0.501. The maximum absolute atomic E-state index is 10.9. The van der Waals surface area contributed by atoms with E-state index < -0.39 is 5.24 Å². The molecule has 0 saturated carbocycles. The number of carbonyl (C=O) groups excluding carboxylic acids is 1. The highest BCUT2D eigenvalue weighted by molar-refractivity contribution is 6.67. The Morgan fingerprint density at radius 3 is 2.65 bits per heavy atom. The molecule has 1 aromatic carbocycles. The largest absolute Gasteiger partial charge is 0.276 e. The summed E-state index contributed by atoms with van der Waals surface area (Å²) in [4.78, 5) is 15.1. The molecular weight excluding hydrogens is 257 g/mol. The predicted molar refractivity (Wildman–Crippen MR) is 69.4 cm³/mol. The summed E-state index contributed by atoms with van der Waals surface area (Å²) in [5.74, 6) is 0.464. The Balaban J connectivity index is 2.36. The van der Waals surface area contributed by atoms with E-state index in [1.165, 1.54) is 6.20 Å². The van der Waals surface area contributed by atoms with Crippen molar-refractivity contribution in [3.05, 3.63) is 53.7 Å². The van der Waals surface area contributed by atoms with Crippen molar-refractivity contribution >= 4 is 28.4 Å². The smallest absolute Gasteiger partial charge is 0.253 e. The van der Waals surface area contributed by atoms with Crippen LogP contribution >= 0.6 is 23.2 Å². The van der Waals surface area contributed by atoms with Gasteiger partial charge in [-0.05, 0) is 35.4 Å². The molecule has 17 heavy (non-hydrogen) atoms. The van der Waals surface area contributed by atoms with Crippen LogP contribution < -0.4 is 0 Å². The molecule has 2 aromatic rings. The fourth-order valence-corrected chi connectivity index (χ4v) is 1.77. The number of pyridine rings is 1. The number of nitrogens with zero attached hydrogens (tertiary/aromatic N) is 1. The minimum Gasteiger partial charge on any atom is -0.276 e. The van der Waals surface area contributed by atoms with Gasteiger partial charge in [0.1, 0.15) is 0 Å². The molecule has 0 aliphatic heterocycles. The minimum absolute atomic E-state index is 0.393. The van der Waals surface area contributed by atoms with E-state index in [0.29, 0.717) is 11.4 Å². The van der Waals surface area contributed by atoms with Gasteiger partial charge in [0.25, 0.3) is 5.24 Å². The zero-order valence-electron chi connectivity index (χ0n) is 8.86. The lowest BCUT2D eigenvalue weighted by Gasteiger charge is -2.03. The highest BCUT2D eigenvalue weighted by atomic mass is 35.5. The van der Waals surface area contributed by atoms with Crippen molar-refractivity contribution in [2.45, 2.75) is 5.88 Å². The van der Waals surface area contributed by atoms with E-state index in [9.17, 15) is 4.79 Å². The van der Waals surface area contributed by atoms with Gasteiger partial charge in [-0.1, -0.05) is 18.2 Å². The van der Waals surface area contributed by atoms with E-state index in [1.54, 1.807) is 12.1 Å². The Hall–Kier alpha value is -1.38. The molecule has 0 aliphatic rings. The van der Waals surface area contributed by atoms with Crippen LogP contribution in [-0.2, 0) is 5.88 Å². The molecule has 4 heteroatoms. The number of hydrogen-bond donors (Lipinski definition) is 0. The second-order valence-corrected chi connectivity index (χ2v) is 4.15. The summed E-state index contributed by atoms with van der Waals surface area (Å²) in [7, 11) is 0. The molecule has 0 bridgehead atoms. The van der Waals surface area contributed by atoms with Gasteiger partial charge in [-0.2, -0.15) is 0 Å². The van der Waals surface area contributed by atoms with Crippen LogP contribution in [0.5, 0.6) is 0 Å². The van der Waals surface area contributed by atoms with Crippen molar-refractivity contribution in [2.75, 3.05) is 0 Å². The number of alkyl halides is 1. The number of carbonyl (C=O) groups is 1. The molecule has 0 atom stereocenters. The summed E-state index contributed by atoms with van der Waals surface area (Å²) >= 11 is 11.1. The number of halogens is 2. The summed E-state index contributed by atoms with van der Waals surface area (Å²) in [6, 6.07) is 11.2. The molecule has 0 N–H and O–H groups in total. The van der Waals surface area contributed by atoms with Crippen molar-refractivity contribution in [1.29, 1.82) is 0 Å². The SMILES string of the molecule is O=C(Cl)c1ccc(-c2cccc(CCl)c2)nc1. The highest BCUT2D eigenvalue weighted by Crippen LogP contribution is 2.19. The van der Waals surface area contributed by atoms with E-state index in [-0.39, 0.29) is 0 Å². The lowest BCUT2D eigenvalue weighted by Crippen LogP contribution is -1.91. The summed E-state index contributed by atoms with van der Waals surface area (Å²) in [5.41, 5.74) is 3.18. The first-order valence-electron chi connectivity index (χ1n) is 5.02. The van der Waals surface area contributed by atoms with E-state index in [4.69, 9.17) is 23.2 Å². The Bertz CT molecular complexity index is 537. The van der Waals surface area contributed by atoms with Gasteiger partial charge in [0, 0.05) is 17.6 Å². The van der Waals surface area contributed by atoms with Crippen molar-refractivity contribution < 1.29 is 4.79 Å². The number of hydrogen-bond acceptors (Lipinski definition) is 2. The predicted octanol–water partition coefficient (Wildman–Crippen LogP) is 3.87. The topological polar surface area (TPSA) is 30.0 Å². The average molecular weight is 266 g/mol. The van der Waals surface area contributed by atoms with Crippen LogP contribution in [0.1, 0.15) is 15.9 Å². The molecule has 0 fully saturated rings. The quantitative estimate of drug-likeness (QED) is 0.623. The molecule has 0 aliphatic carbocycles. The van der Waals surface area contributed by atoms with Crippen molar-refractivity contribution in [3.63, 3.8) is 0 Å².